The molecule has 22 heavy (non-hydrogen) atoms. The van der Waals surface area contributed by atoms with E-state index in [1.165, 1.54) is 6.08 Å². The average Bonchev–Trinajstić information content (AvgIpc) is 2.55. The number of nitrogens with one attached hydrogen (secondary N) is 1. The van der Waals surface area contributed by atoms with E-state index >= 15 is 0 Å². The number of methoxy groups -OCH3 is 1. The summed E-state index contributed by atoms with van der Waals surface area (Å²) in [6.07, 6.45) is 3.28. The molecule has 0 unspecified atom stereocenters. The molecule has 0 aliphatic carbocycles. The van der Waals surface area contributed by atoms with Crippen molar-refractivity contribution in [1.82, 2.24) is 0 Å². The topological polar surface area (TPSA) is 47.6 Å². The van der Waals surface area contributed by atoms with E-state index in [4.69, 9.17) is 9.47 Å². The molecule has 0 heterocycles. The van der Waals surface area contributed by atoms with Crippen molar-refractivity contribution in [3.05, 3.63) is 66.2 Å². The van der Waals surface area contributed by atoms with Crippen LogP contribution < -0.4 is 10.1 Å². The first-order valence-electron chi connectivity index (χ1n) is 7.04. The Morgan fingerprint density at radius 3 is 2.68 bits per heavy atom. The Labute approximate surface area is 130 Å². The average molecular weight is 297 g/mol. The van der Waals surface area contributed by atoms with Crippen LogP contribution in [0.1, 0.15) is 5.56 Å². The zero-order valence-corrected chi connectivity index (χ0v) is 12.5. The van der Waals surface area contributed by atoms with E-state index in [0.29, 0.717) is 24.7 Å². The van der Waals surface area contributed by atoms with Crippen molar-refractivity contribution in [1.29, 1.82) is 0 Å². The van der Waals surface area contributed by atoms with Crippen molar-refractivity contribution >= 4 is 17.7 Å². The molecule has 114 valence electrons. The molecule has 2 aromatic rings. The summed E-state index contributed by atoms with van der Waals surface area (Å²) in [5, 5.41) is 2.81. The van der Waals surface area contributed by atoms with Crippen LogP contribution in [0.4, 0.5) is 5.69 Å². The summed E-state index contributed by atoms with van der Waals surface area (Å²) in [5.41, 5.74) is 1.67. The summed E-state index contributed by atoms with van der Waals surface area (Å²) in [6.45, 7) is 0.998. The second-order valence-corrected chi connectivity index (χ2v) is 4.60. The highest BCUT2D eigenvalue weighted by Gasteiger charge is 2.00. The number of carbonyl (C=O) groups is 1. The van der Waals surface area contributed by atoms with Crippen LogP contribution >= 0.6 is 0 Å². The summed E-state index contributed by atoms with van der Waals surface area (Å²) < 4.78 is 10.4. The van der Waals surface area contributed by atoms with Crippen LogP contribution in [0.25, 0.3) is 6.08 Å². The number of carbonyl (C=O) groups excluding carboxylic acids is 1. The fraction of sp³-hybridized carbons (Fsp3) is 0.167. The van der Waals surface area contributed by atoms with Gasteiger partial charge in [0.15, 0.2) is 0 Å². The highest BCUT2D eigenvalue weighted by Crippen LogP contribution is 2.17. The summed E-state index contributed by atoms with van der Waals surface area (Å²) in [6, 6.07) is 16.9. The molecule has 0 aliphatic rings. The van der Waals surface area contributed by atoms with E-state index < -0.39 is 0 Å². The lowest BCUT2D eigenvalue weighted by Crippen LogP contribution is -2.08. The number of amides is 1. The third kappa shape index (κ3) is 5.42. The quantitative estimate of drug-likeness (QED) is 0.629. The zero-order chi connectivity index (χ0) is 15.6. The second kappa shape index (κ2) is 8.64. The standard InChI is InChI=1S/C18H19NO3/c1-21-12-13-22-17-9-5-8-16(14-17)19-18(20)11-10-15-6-3-2-4-7-15/h2-11,14H,12-13H2,1H3,(H,19,20)/b11-10+. The molecular weight excluding hydrogens is 278 g/mol. The van der Waals surface area contributed by atoms with Crippen molar-refractivity contribution in [2.75, 3.05) is 25.6 Å². The van der Waals surface area contributed by atoms with E-state index in [0.717, 1.165) is 5.56 Å². The summed E-state index contributed by atoms with van der Waals surface area (Å²) in [7, 11) is 1.62. The Hall–Kier alpha value is -2.59. The lowest BCUT2D eigenvalue weighted by Gasteiger charge is -2.07. The molecule has 0 spiro atoms. The van der Waals surface area contributed by atoms with Gasteiger partial charge in [0.1, 0.15) is 12.4 Å². The molecular formula is C18H19NO3. The van der Waals surface area contributed by atoms with E-state index in [2.05, 4.69) is 5.32 Å². The minimum absolute atomic E-state index is 0.183. The first kappa shape index (κ1) is 15.8. The van der Waals surface area contributed by atoms with E-state index in [9.17, 15) is 4.79 Å². The predicted molar refractivity (Wildman–Crippen MR) is 87.9 cm³/mol. The maximum absolute atomic E-state index is 11.9. The molecule has 0 saturated heterocycles. The van der Waals surface area contributed by atoms with Gasteiger partial charge >= 0.3 is 0 Å². The highest BCUT2D eigenvalue weighted by atomic mass is 16.5. The van der Waals surface area contributed by atoms with Crippen molar-refractivity contribution in [2.24, 2.45) is 0 Å². The van der Waals surface area contributed by atoms with E-state index in [1.807, 2.05) is 48.5 Å². The SMILES string of the molecule is COCCOc1cccc(NC(=O)/C=C/c2ccccc2)c1. The van der Waals surface area contributed by atoms with Gasteiger partial charge in [-0.25, -0.2) is 0 Å². The molecule has 1 N–H and O–H groups in total. The van der Waals surface area contributed by atoms with Crippen LogP contribution in [0.5, 0.6) is 5.75 Å². The fourth-order valence-corrected chi connectivity index (χ4v) is 1.83. The van der Waals surface area contributed by atoms with E-state index in [-0.39, 0.29) is 5.91 Å². The van der Waals surface area contributed by atoms with Gasteiger partial charge in [0.25, 0.3) is 0 Å². The van der Waals surface area contributed by atoms with Gasteiger partial charge in [0.2, 0.25) is 5.91 Å². The van der Waals surface area contributed by atoms with Crippen LogP contribution in [0.15, 0.2) is 60.7 Å². The fourth-order valence-electron chi connectivity index (χ4n) is 1.83. The lowest BCUT2D eigenvalue weighted by molar-refractivity contribution is -0.111. The van der Waals surface area contributed by atoms with Gasteiger partial charge in [0.05, 0.1) is 6.61 Å². The Morgan fingerprint density at radius 1 is 1.09 bits per heavy atom. The Balaban J connectivity index is 1.91. The molecule has 0 saturated carbocycles. The number of ether oxygens (including phenoxy) is 2. The number of rotatable bonds is 7. The van der Waals surface area contributed by atoms with E-state index in [1.54, 1.807) is 19.3 Å². The van der Waals surface area contributed by atoms with Gasteiger partial charge in [-0.2, -0.15) is 0 Å². The molecule has 0 bridgehead atoms. The largest absolute Gasteiger partial charge is 0.491 e. The van der Waals surface area contributed by atoms with Gasteiger partial charge in [-0.05, 0) is 23.8 Å². The highest BCUT2D eigenvalue weighted by molar-refractivity contribution is 6.02. The van der Waals surface area contributed by atoms with Crippen LogP contribution in [0.2, 0.25) is 0 Å². The van der Waals surface area contributed by atoms with Gasteiger partial charge in [-0.15, -0.1) is 0 Å². The second-order valence-electron chi connectivity index (χ2n) is 4.60. The van der Waals surface area contributed by atoms with Crippen LogP contribution in [-0.4, -0.2) is 26.2 Å². The molecule has 2 rings (SSSR count). The third-order valence-corrected chi connectivity index (χ3v) is 2.88. The summed E-state index contributed by atoms with van der Waals surface area (Å²) >= 11 is 0. The van der Waals surface area contributed by atoms with Gasteiger partial charge in [-0.1, -0.05) is 36.4 Å². The lowest BCUT2D eigenvalue weighted by atomic mass is 10.2. The maximum atomic E-state index is 11.9. The Kier molecular flexibility index (Phi) is 6.20. The van der Waals surface area contributed by atoms with Crippen LogP contribution in [0, 0.1) is 0 Å². The molecule has 0 atom stereocenters. The first-order valence-corrected chi connectivity index (χ1v) is 7.04. The van der Waals surface area contributed by atoms with Crippen LogP contribution in [-0.2, 0) is 9.53 Å². The molecule has 2 aromatic carbocycles. The molecule has 4 nitrogen and oxygen atoms in total. The molecule has 0 aliphatic heterocycles. The minimum atomic E-state index is -0.183. The Bertz CT molecular complexity index is 623. The molecule has 4 heteroatoms. The maximum Gasteiger partial charge on any atom is 0.248 e. The molecule has 0 radical (unpaired) electrons. The monoisotopic (exact) mass is 297 g/mol. The van der Waals surface area contributed by atoms with Crippen molar-refractivity contribution in [3.63, 3.8) is 0 Å². The molecule has 0 fully saturated rings. The molecule has 0 aromatic heterocycles. The number of anilines is 1. The number of benzene rings is 2. The number of hydrogen-bond acceptors (Lipinski definition) is 3. The summed E-state index contributed by atoms with van der Waals surface area (Å²) in [5.74, 6) is 0.514. The van der Waals surface area contributed by atoms with Crippen molar-refractivity contribution in [2.45, 2.75) is 0 Å². The first-order chi connectivity index (χ1) is 10.8. The Morgan fingerprint density at radius 2 is 1.91 bits per heavy atom. The molecule has 1 amide bonds. The normalized spacial score (nSPS) is 10.6. The number of hydrogen-bond donors (Lipinski definition) is 1. The smallest absolute Gasteiger partial charge is 0.248 e. The van der Waals surface area contributed by atoms with Crippen molar-refractivity contribution in [3.8, 4) is 5.75 Å². The van der Waals surface area contributed by atoms with Gasteiger partial charge in [-0.3, -0.25) is 4.79 Å². The minimum Gasteiger partial charge on any atom is -0.491 e. The summed E-state index contributed by atoms with van der Waals surface area (Å²) in [4.78, 5) is 11.9. The van der Waals surface area contributed by atoms with Crippen LogP contribution in [0.3, 0.4) is 0 Å². The third-order valence-electron chi connectivity index (χ3n) is 2.88. The predicted octanol–water partition coefficient (Wildman–Crippen LogP) is 3.36. The van der Waals surface area contributed by atoms with Crippen molar-refractivity contribution < 1.29 is 14.3 Å². The van der Waals surface area contributed by atoms with Gasteiger partial charge in [0, 0.05) is 24.9 Å². The van der Waals surface area contributed by atoms with Gasteiger partial charge < -0.3 is 14.8 Å². The zero-order valence-electron chi connectivity index (χ0n) is 12.5.